The Morgan fingerprint density at radius 2 is 1.74 bits per heavy atom. The Morgan fingerprint density at radius 3 is 2.40 bits per heavy atom. The van der Waals surface area contributed by atoms with Gasteiger partial charge in [0.25, 0.3) is 5.91 Å². The number of nitrogens with one attached hydrogen (secondary N) is 1. The Labute approximate surface area is 203 Å². The molecule has 0 spiro atoms. The number of hydrogen-bond donors (Lipinski definition) is 1. The monoisotopic (exact) mass is 471 g/mol. The van der Waals surface area contributed by atoms with Crippen LogP contribution in [-0.2, 0) is 6.54 Å². The molecule has 0 radical (unpaired) electrons. The van der Waals surface area contributed by atoms with Gasteiger partial charge < -0.3 is 0 Å². The van der Waals surface area contributed by atoms with Gasteiger partial charge in [-0.3, -0.25) is 9.36 Å². The van der Waals surface area contributed by atoms with Gasteiger partial charge >= 0.3 is 5.69 Å². The van der Waals surface area contributed by atoms with E-state index in [1.165, 1.54) is 10.9 Å². The molecule has 1 saturated carbocycles. The van der Waals surface area contributed by atoms with E-state index in [2.05, 4.69) is 39.6 Å². The molecule has 0 unspecified atom stereocenters. The number of carbonyl (C=O) groups excluding carboxylic acids is 1. The third-order valence-electron chi connectivity index (χ3n) is 7.15. The van der Waals surface area contributed by atoms with Crippen molar-refractivity contribution in [1.29, 1.82) is 0 Å². The van der Waals surface area contributed by atoms with Crippen molar-refractivity contribution in [3.8, 4) is 22.5 Å². The zero-order valence-corrected chi connectivity index (χ0v) is 20.0. The lowest BCUT2D eigenvalue weighted by molar-refractivity contribution is 0.0747. The molecule has 0 bridgehead atoms. The molecule has 0 atom stereocenters. The molecule has 0 saturated heterocycles. The summed E-state index contributed by atoms with van der Waals surface area (Å²) in [4.78, 5) is 25.9. The van der Waals surface area contributed by atoms with Crippen LogP contribution in [0.15, 0.2) is 59.7 Å². The van der Waals surface area contributed by atoms with Crippen LogP contribution in [0.3, 0.4) is 0 Å². The summed E-state index contributed by atoms with van der Waals surface area (Å²) >= 11 is 0. The molecule has 1 aliphatic rings. The van der Waals surface area contributed by atoms with Crippen molar-refractivity contribution in [3.05, 3.63) is 70.9 Å². The minimum atomic E-state index is -0.381. The molecule has 2 aromatic carbocycles. The second-order valence-electron chi connectivity index (χ2n) is 9.64. The highest BCUT2D eigenvalue weighted by Crippen LogP contribution is 2.34. The summed E-state index contributed by atoms with van der Waals surface area (Å²) in [5.41, 5.74) is 3.48. The summed E-state index contributed by atoms with van der Waals surface area (Å²) < 4.78 is 2.54. The van der Waals surface area contributed by atoms with Crippen LogP contribution in [0.5, 0.6) is 0 Å². The first-order valence-electron chi connectivity index (χ1n) is 12.1. The van der Waals surface area contributed by atoms with Gasteiger partial charge in [-0.1, -0.05) is 62.4 Å². The van der Waals surface area contributed by atoms with Gasteiger partial charge in [0.2, 0.25) is 0 Å². The largest absolute Gasteiger partial charge is 0.353 e. The number of hydrogen-bond acceptors (Lipinski definition) is 6. The van der Waals surface area contributed by atoms with Crippen molar-refractivity contribution in [2.24, 2.45) is 17.8 Å². The predicted molar refractivity (Wildman–Crippen MR) is 132 cm³/mol. The first-order chi connectivity index (χ1) is 17.0. The van der Waals surface area contributed by atoms with E-state index < -0.39 is 0 Å². The maximum atomic E-state index is 13.0. The fraction of sp³-hybridized carbons (Fsp3) is 0.385. The smallest absolute Gasteiger partial charge is 0.277 e. The molecular formula is C26H29N7O2. The van der Waals surface area contributed by atoms with E-state index in [0.717, 1.165) is 52.6 Å². The lowest BCUT2D eigenvalue weighted by Gasteiger charge is -2.29. The van der Waals surface area contributed by atoms with Crippen molar-refractivity contribution in [2.75, 3.05) is 0 Å². The highest BCUT2D eigenvalue weighted by atomic mass is 16.2. The van der Waals surface area contributed by atoms with Crippen molar-refractivity contribution < 1.29 is 4.79 Å². The van der Waals surface area contributed by atoms with E-state index in [9.17, 15) is 9.59 Å². The Hall–Kier alpha value is -3.88. The van der Waals surface area contributed by atoms with Gasteiger partial charge in [0.1, 0.15) is 6.33 Å². The fourth-order valence-electron chi connectivity index (χ4n) is 5.00. The first-order valence-corrected chi connectivity index (χ1v) is 12.1. The average molecular weight is 472 g/mol. The number of nitrogens with zero attached hydrogens (tertiary/aromatic N) is 6. The third kappa shape index (κ3) is 4.71. The molecule has 0 amide bonds. The number of aromatic nitrogens is 7. The number of rotatable bonds is 6. The summed E-state index contributed by atoms with van der Waals surface area (Å²) in [5.74, 6) is 1.60. The molecule has 5 rings (SSSR count). The van der Waals surface area contributed by atoms with E-state index >= 15 is 0 Å². The Kier molecular flexibility index (Phi) is 6.39. The Morgan fingerprint density at radius 1 is 1.03 bits per heavy atom. The van der Waals surface area contributed by atoms with Crippen molar-refractivity contribution >= 4 is 5.91 Å². The van der Waals surface area contributed by atoms with Gasteiger partial charge in [-0.15, -0.1) is 9.78 Å². The number of tetrazole rings is 1. The van der Waals surface area contributed by atoms with E-state index in [1.807, 2.05) is 48.5 Å². The topological polar surface area (TPSA) is 111 Å². The second kappa shape index (κ2) is 9.77. The number of aromatic amines is 1. The van der Waals surface area contributed by atoms with Gasteiger partial charge in [0, 0.05) is 11.5 Å². The third-order valence-corrected chi connectivity index (χ3v) is 7.15. The summed E-state index contributed by atoms with van der Waals surface area (Å²) in [6, 6.07) is 15.9. The van der Waals surface area contributed by atoms with E-state index in [4.69, 9.17) is 0 Å². The van der Waals surface area contributed by atoms with Gasteiger partial charge in [-0.25, -0.2) is 9.89 Å². The fourth-order valence-corrected chi connectivity index (χ4v) is 5.00. The van der Waals surface area contributed by atoms with Crippen LogP contribution in [0.4, 0.5) is 0 Å². The van der Waals surface area contributed by atoms with Gasteiger partial charge in [-0.05, 0) is 64.6 Å². The van der Waals surface area contributed by atoms with Crippen molar-refractivity contribution in [2.45, 2.75) is 46.1 Å². The molecule has 2 aromatic heterocycles. The highest BCUT2D eigenvalue weighted by molar-refractivity contribution is 5.81. The number of benzene rings is 2. The quantitative estimate of drug-likeness (QED) is 0.454. The lowest BCUT2D eigenvalue weighted by atomic mass is 9.77. The number of carbonyl (C=O) groups is 1. The van der Waals surface area contributed by atoms with Crippen LogP contribution >= 0.6 is 0 Å². The maximum Gasteiger partial charge on any atom is 0.353 e. The zero-order valence-electron chi connectivity index (χ0n) is 20.0. The van der Waals surface area contributed by atoms with Gasteiger partial charge in [0.05, 0.1) is 6.54 Å². The Bertz CT molecular complexity index is 1350. The molecule has 180 valence electrons. The highest BCUT2D eigenvalue weighted by Gasteiger charge is 2.30. The molecule has 1 fully saturated rings. The Balaban J connectivity index is 1.29. The van der Waals surface area contributed by atoms with Crippen molar-refractivity contribution in [1.82, 2.24) is 35.0 Å². The summed E-state index contributed by atoms with van der Waals surface area (Å²) in [6.07, 6.45) is 5.18. The van der Waals surface area contributed by atoms with Crippen LogP contribution in [0.2, 0.25) is 0 Å². The van der Waals surface area contributed by atoms with E-state index in [1.54, 1.807) is 0 Å². The van der Waals surface area contributed by atoms with Crippen LogP contribution < -0.4 is 5.69 Å². The van der Waals surface area contributed by atoms with Crippen molar-refractivity contribution in [3.63, 3.8) is 0 Å². The number of H-pyrrole nitrogens is 1. The summed E-state index contributed by atoms with van der Waals surface area (Å²) in [5, 5.41) is 18.3. The predicted octanol–water partition coefficient (Wildman–Crippen LogP) is 4.04. The minimum absolute atomic E-state index is 0.120. The molecule has 4 aromatic rings. The van der Waals surface area contributed by atoms with E-state index in [0.29, 0.717) is 24.2 Å². The normalized spacial score (nSPS) is 18.1. The molecule has 2 heterocycles. The molecule has 0 aliphatic heterocycles. The maximum absolute atomic E-state index is 13.0. The second-order valence-corrected chi connectivity index (χ2v) is 9.64. The van der Waals surface area contributed by atoms with Crippen LogP contribution in [0, 0.1) is 17.8 Å². The van der Waals surface area contributed by atoms with Crippen LogP contribution in [0.25, 0.3) is 22.5 Å². The average Bonchev–Trinajstić information content (AvgIpc) is 3.55. The van der Waals surface area contributed by atoms with E-state index in [-0.39, 0.29) is 17.5 Å². The molecular weight excluding hydrogens is 442 g/mol. The van der Waals surface area contributed by atoms with Crippen LogP contribution in [-0.4, -0.2) is 40.9 Å². The molecule has 9 heteroatoms. The molecule has 1 aliphatic carbocycles. The SMILES string of the molecule is CC(C)C1CCC(C(=O)n2ncn(Cc3ccc(-c4ccccc4-c4nnn[nH]4)cc3)c2=O)CC1. The van der Waals surface area contributed by atoms with Gasteiger partial charge in [0.15, 0.2) is 5.82 Å². The zero-order chi connectivity index (χ0) is 24.4. The standard InChI is InChI=1S/C26H29N7O2/c1-17(2)19-11-13-21(14-12-19)25(34)33-26(35)32(16-27-33)15-18-7-9-20(10-8-18)22-5-3-4-6-23(22)24-28-30-31-29-24/h3-10,16-17,19,21H,11-15H2,1-2H3,(H,28,29,30,31). The molecule has 9 nitrogen and oxygen atoms in total. The molecule has 1 N–H and O–H groups in total. The summed E-state index contributed by atoms with van der Waals surface area (Å²) in [6.45, 7) is 4.82. The lowest BCUT2D eigenvalue weighted by Crippen LogP contribution is -2.36. The summed E-state index contributed by atoms with van der Waals surface area (Å²) in [7, 11) is 0. The van der Waals surface area contributed by atoms with Gasteiger partial charge in [-0.2, -0.15) is 5.10 Å². The minimum Gasteiger partial charge on any atom is -0.277 e. The first kappa shape index (κ1) is 22.9. The van der Waals surface area contributed by atoms with Crippen LogP contribution in [0.1, 0.15) is 49.9 Å². The molecule has 35 heavy (non-hydrogen) atoms.